The Hall–Kier alpha value is -2.46. The number of hydrogen-bond acceptors (Lipinski definition) is 2. The van der Waals surface area contributed by atoms with Gasteiger partial charge in [-0.3, -0.25) is 4.79 Å². The highest BCUT2D eigenvalue weighted by Gasteiger charge is 2.14. The molecule has 0 radical (unpaired) electrons. The van der Waals surface area contributed by atoms with Crippen molar-refractivity contribution in [3.8, 4) is 5.75 Å². The van der Waals surface area contributed by atoms with Crippen molar-refractivity contribution in [1.82, 2.24) is 10.3 Å². The van der Waals surface area contributed by atoms with Crippen LogP contribution in [0.5, 0.6) is 5.75 Å². The lowest BCUT2D eigenvalue weighted by atomic mass is 10.1. The number of aromatic nitrogens is 1. The van der Waals surface area contributed by atoms with Gasteiger partial charge in [0.1, 0.15) is 5.75 Å². The quantitative estimate of drug-likeness (QED) is 0.712. The zero-order valence-electron chi connectivity index (χ0n) is 13.4. The van der Waals surface area contributed by atoms with Crippen LogP contribution in [-0.4, -0.2) is 23.5 Å². The normalized spacial score (nSPS) is 12.1. The molecule has 2 aromatic carbocycles. The van der Waals surface area contributed by atoms with E-state index >= 15 is 0 Å². The molecule has 1 heterocycles. The van der Waals surface area contributed by atoms with E-state index in [4.69, 9.17) is 16.3 Å². The molecular weight excluding hydrogens is 324 g/mol. The van der Waals surface area contributed by atoms with Crippen LogP contribution in [0, 0.1) is 0 Å². The number of carbonyl (C=O) groups is 1. The average Bonchev–Trinajstić information content (AvgIpc) is 3.04. The molecule has 0 fully saturated rings. The van der Waals surface area contributed by atoms with Gasteiger partial charge in [0, 0.05) is 23.3 Å². The predicted octanol–water partition coefficient (Wildman–Crippen LogP) is 3.95. The van der Waals surface area contributed by atoms with E-state index in [1.54, 1.807) is 31.2 Å². The monoisotopic (exact) mass is 342 g/mol. The Bertz CT molecular complexity index is 827. The summed E-state index contributed by atoms with van der Waals surface area (Å²) >= 11 is 5.83. The number of fused-ring (bicyclic) bond motifs is 1. The molecule has 0 spiro atoms. The molecule has 124 valence electrons. The van der Waals surface area contributed by atoms with Crippen LogP contribution >= 0.6 is 11.6 Å². The molecule has 1 unspecified atom stereocenters. The summed E-state index contributed by atoms with van der Waals surface area (Å²) in [5.74, 6) is 0.491. The van der Waals surface area contributed by atoms with Gasteiger partial charge >= 0.3 is 0 Å². The summed E-state index contributed by atoms with van der Waals surface area (Å²) in [6.45, 7) is 2.30. The summed E-state index contributed by atoms with van der Waals surface area (Å²) < 4.78 is 5.61. The average molecular weight is 343 g/mol. The molecular formula is C19H19ClN2O2. The molecule has 1 amide bonds. The number of rotatable bonds is 6. The van der Waals surface area contributed by atoms with E-state index in [9.17, 15) is 4.79 Å². The number of amides is 1. The van der Waals surface area contributed by atoms with Crippen LogP contribution in [-0.2, 0) is 11.2 Å². The summed E-state index contributed by atoms with van der Waals surface area (Å²) in [7, 11) is 0. The highest BCUT2D eigenvalue weighted by atomic mass is 35.5. The highest BCUT2D eigenvalue weighted by molar-refractivity contribution is 6.30. The third kappa shape index (κ3) is 4.09. The van der Waals surface area contributed by atoms with Gasteiger partial charge in [-0.15, -0.1) is 0 Å². The van der Waals surface area contributed by atoms with E-state index in [2.05, 4.69) is 28.5 Å². The van der Waals surface area contributed by atoms with Crippen LogP contribution in [0.3, 0.4) is 0 Å². The largest absolute Gasteiger partial charge is 0.481 e. The minimum absolute atomic E-state index is 0.133. The lowest BCUT2D eigenvalue weighted by molar-refractivity contribution is -0.127. The predicted molar refractivity (Wildman–Crippen MR) is 96.6 cm³/mol. The van der Waals surface area contributed by atoms with E-state index < -0.39 is 6.10 Å². The third-order valence-electron chi connectivity index (χ3n) is 3.83. The summed E-state index contributed by atoms with van der Waals surface area (Å²) in [5, 5.41) is 4.73. The Morgan fingerprint density at radius 2 is 2.00 bits per heavy atom. The molecule has 0 aliphatic rings. The minimum atomic E-state index is -0.558. The molecule has 4 nitrogen and oxygen atoms in total. The van der Waals surface area contributed by atoms with Crippen LogP contribution in [0.15, 0.2) is 54.7 Å². The van der Waals surface area contributed by atoms with Gasteiger partial charge < -0.3 is 15.0 Å². The fourth-order valence-electron chi connectivity index (χ4n) is 2.50. The maximum Gasteiger partial charge on any atom is 0.260 e. The van der Waals surface area contributed by atoms with Crippen molar-refractivity contribution in [2.45, 2.75) is 19.4 Å². The molecule has 1 aromatic heterocycles. The van der Waals surface area contributed by atoms with Crippen LogP contribution in [0.2, 0.25) is 5.02 Å². The molecule has 24 heavy (non-hydrogen) atoms. The number of hydrogen-bond donors (Lipinski definition) is 2. The first-order valence-electron chi connectivity index (χ1n) is 7.88. The molecule has 5 heteroatoms. The van der Waals surface area contributed by atoms with Crippen molar-refractivity contribution in [2.75, 3.05) is 6.54 Å². The van der Waals surface area contributed by atoms with E-state index in [1.807, 2.05) is 12.3 Å². The number of nitrogens with one attached hydrogen (secondary N) is 2. The minimum Gasteiger partial charge on any atom is -0.481 e. The third-order valence-corrected chi connectivity index (χ3v) is 4.08. The molecule has 3 aromatic rings. The van der Waals surface area contributed by atoms with Crippen molar-refractivity contribution < 1.29 is 9.53 Å². The number of ether oxygens (including phenoxy) is 1. The SMILES string of the molecule is CC(Oc1ccc(Cl)cc1)C(=O)NCCc1ccc2cc[nH]c2c1. The van der Waals surface area contributed by atoms with Crippen LogP contribution in [0.1, 0.15) is 12.5 Å². The summed E-state index contributed by atoms with van der Waals surface area (Å²) in [6, 6.07) is 15.3. The Balaban J connectivity index is 1.48. The maximum atomic E-state index is 12.1. The second-order valence-corrected chi connectivity index (χ2v) is 6.09. The summed E-state index contributed by atoms with van der Waals surface area (Å²) in [4.78, 5) is 15.3. The van der Waals surface area contributed by atoms with E-state index in [1.165, 1.54) is 10.9 Å². The van der Waals surface area contributed by atoms with Gasteiger partial charge in [-0.05, 0) is 60.7 Å². The Morgan fingerprint density at radius 3 is 2.79 bits per heavy atom. The molecule has 2 N–H and O–H groups in total. The molecule has 0 saturated carbocycles. The van der Waals surface area contributed by atoms with Crippen LogP contribution in [0.25, 0.3) is 10.9 Å². The Kier molecular flexibility index (Phi) is 5.06. The number of carbonyl (C=O) groups excluding carboxylic acids is 1. The van der Waals surface area contributed by atoms with Gasteiger partial charge in [0.2, 0.25) is 0 Å². The number of halogens is 1. The van der Waals surface area contributed by atoms with Crippen molar-refractivity contribution in [1.29, 1.82) is 0 Å². The zero-order valence-corrected chi connectivity index (χ0v) is 14.1. The van der Waals surface area contributed by atoms with Crippen molar-refractivity contribution in [2.24, 2.45) is 0 Å². The Labute approximate surface area is 145 Å². The van der Waals surface area contributed by atoms with Gasteiger partial charge in [-0.2, -0.15) is 0 Å². The fourth-order valence-corrected chi connectivity index (χ4v) is 2.62. The van der Waals surface area contributed by atoms with Gasteiger partial charge in [-0.25, -0.2) is 0 Å². The summed E-state index contributed by atoms with van der Waals surface area (Å²) in [5.41, 5.74) is 2.29. The van der Waals surface area contributed by atoms with Crippen molar-refractivity contribution in [3.05, 3.63) is 65.3 Å². The van der Waals surface area contributed by atoms with Crippen LogP contribution < -0.4 is 10.1 Å². The van der Waals surface area contributed by atoms with Gasteiger partial charge in [-0.1, -0.05) is 23.7 Å². The van der Waals surface area contributed by atoms with E-state index in [0.29, 0.717) is 17.3 Å². The van der Waals surface area contributed by atoms with Gasteiger partial charge in [0.15, 0.2) is 6.10 Å². The first kappa shape index (κ1) is 16.4. The first-order chi connectivity index (χ1) is 11.6. The van der Waals surface area contributed by atoms with Crippen molar-refractivity contribution in [3.63, 3.8) is 0 Å². The second kappa shape index (κ2) is 7.41. The van der Waals surface area contributed by atoms with E-state index in [0.717, 1.165) is 11.9 Å². The molecule has 0 aliphatic heterocycles. The van der Waals surface area contributed by atoms with Crippen molar-refractivity contribution >= 4 is 28.4 Å². The molecule has 3 rings (SSSR count). The molecule has 0 bridgehead atoms. The number of benzene rings is 2. The second-order valence-electron chi connectivity index (χ2n) is 5.65. The lowest BCUT2D eigenvalue weighted by Gasteiger charge is -2.14. The molecule has 0 saturated heterocycles. The zero-order chi connectivity index (χ0) is 16.9. The topological polar surface area (TPSA) is 54.1 Å². The molecule has 0 aliphatic carbocycles. The number of H-pyrrole nitrogens is 1. The fraction of sp³-hybridized carbons (Fsp3) is 0.211. The van der Waals surface area contributed by atoms with Crippen LogP contribution in [0.4, 0.5) is 0 Å². The van der Waals surface area contributed by atoms with E-state index in [-0.39, 0.29) is 5.91 Å². The maximum absolute atomic E-state index is 12.1. The highest BCUT2D eigenvalue weighted by Crippen LogP contribution is 2.17. The number of aromatic amines is 1. The lowest BCUT2D eigenvalue weighted by Crippen LogP contribution is -2.37. The standard InChI is InChI=1S/C19H19ClN2O2/c1-13(24-17-6-4-16(20)5-7-17)19(23)22-10-8-14-2-3-15-9-11-21-18(15)12-14/h2-7,9,11-13,21H,8,10H2,1H3,(H,22,23). The smallest absolute Gasteiger partial charge is 0.260 e. The van der Waals surface area contributed by atoms with Gasteiger partial charge in [0.25, 0.3) is 5.91 Å². The molecule has 1 atom stereocenters. The van der Waals surface area contributed by atoms with Gasteiger partial charge in [0.05, 0.1) is 0 Å². The first-order valence-corrected chi connectivity index (χ1v) is 8.25. The summed E-state index contributed by atoms with van der Waals surface area (Å²) in [6.07, 6.45) is 2.14. The Morgan fingerprint density at radius 1 is 1.21 bits per heavy atom.